The van der Waals surface area contributed by atoms with E-state index < -0.39 is 5.97 Å². The van der Waals surface area contributed by atoms with Crippen LogP contribution in [-0.2, 0) is 7.05 Å². The fourth-order valence-corrected chi connectivity index (χ4v) is 1.53. The summed E-state index contributed by atoms with van der Waals surface area (Å²) in [5.74, 6) is -0.0443. The van der Waals surface area contributed by atoms with Gasteiger partial charge in [-0.05, 0) is 5.75 Å². The van der Waals surface area contributed by atoms with Crippen LogP contribution < -0.4 is 0 Å². The highest BCUT2D eigenvalue weighted by atomic mass is 32.2. The van der Waals surface area contributed by atoms with E-state index in [1.807, 2.05) is 6.92 Å². The quantitative estimate of drug-likeness (QED) is 0.721. The predicted octanol–water partition coefficient (Wildman–Crippen LogP) is 1.23. The SMILES string of the molecule is CCSc1ncc(C(=O)O)n1C. The molecule has 1 N–H and O–H groups in total. The maximum atomic E-state index is 10.6. The van der Waals surface area contributed by atoms with Crippen LogP contribution in [0.2, 0.25) is 0 Å². The van der Waals surface area contributed by atoms with Crippen molar-refractivity contribution in [1.29, 1.82) is 0 Å². The summed E-state index contributed by atoms with van der Waals surface area (Å²) in [5.41, 5.74) is 0.228. The third kappa shape index (κ3) is 1.61. The molecule has 0 aliphatic heterocycles. The van der Waals surface area contributed by atoms with E-state index >= 15 is 0 Å². The van der Waals surface area contributed by atoms with Crippen molar-refractivity contribution in [2.24, 2.45) is 7.05 Å². The van der Waals surface area contributed by atoms with Crippen LogP contribution in [0.3, 0.4) is 0 Å². The molecule has 0 unspecified atom stereocenters. The lowest BCUT2D eigenvalue weighted by Crippen LogP contribution is -2.04. The van der Waals surface area contributed by atoms with Gasteiger partial charge in [-0.1, -0.05) is 18.7 Å². The number of thioether (sulfide) groups is 1. The van der Waals surface area contributed by atoms with Crippen molar-refractivity contribution in [3.05, 3.63) is 11.9 Å². The average molecular weight is 186 g/mol. The van der Waals surface area contributed by atoms with Gasteiger partial charge < -0.3 is 9.67 Å². The van der Waals surface area contributed by atoms with Crippen LogP contribution in [0.1, 0.15) is 17.4 Å². The molecule has 5 heteroatoms. The predicted molar refractivity (Wildman–Crippen MR) is 46.6 cm³/mol. The highest BCUT2D eigenvalue weighted by Crippen LogP contribution is 2.16. The van der Waals surface area contributed by atoms with Gasteiger partial charge in [-0.3, -0.25) is 0 Å². The molecule has 1 aromatic rings. The van der Waals surface area contributed by atoms with E-state index in [0.29, 0.717) is 0 Å². The zero-order valence-electron chi connectivity index (χ0n) is 6.94. The maximum Gasteiger partial charge on any atom is 0.354 e. The molecule has 0 saturated heterocycles. The number of carbonyl (C=O) groups is 1. The number of imidazole rings is 1. The highest BCUT2D eigenvalue weighted by Gasteiger charge is 2.11. The van der Waals surface area contributed by atoms with Crippen molar-refractivity contribution in [1.82, 2.24) is 9.55 Å². The Balaban J connectivity index is 2.96. The summed E-state index contributed by atoms with van der Waals surface area (Å²) in [6.45, 7) is 2.00. The second-order valence-electron chi connectivity index (χ2n) is 2.22. The van der Waals surface area contributed by atoms with Gasteiger partial charge in [0.15, 0.2) is 5.16 Å². The van der Waals surface area contributed by atoms with E-state index in [2.05, 4.69) is 4.98 Å². The number of aromatic carboxylic acids is 1. The zero-order chi connectivity index (χ0) is 9.14. The van der Waals surface area contributed by atoms with E-state index in [0.717, 1.165) is 10.9 Å². The smallest absolute Gasteiger partial charge is 0.354 e. The third-order valence-corrected chi connectivity index (χ3v) is 2.36. The van der Waals surface area contributed by atoms with Crippen molar-refractivity contribution >= 4 is 17.7 Å². The highest BCUT2D eigenvalue weighted by molar-refractivity contribution is 7.99. The molecule has 0 bridgehead atoms. The van der Waals surface area contributed by atoms with Crippen molar-refractivity contribution in [2.45, 2.75) is 12.1 Å². The fraction of sp³-hybridized carbons (Fsp3) is 0.429. The summed E-state index contributed by atoms with van der Waals surface area (Å²) in [5, 5.41) is 9.42. The minimum absolute atomic E-state index is 0.228. The molecule has 1 rings (SSSR count). The molecule has 0 fully saturated rings. The van der Waals surface area contributed by atoms with E-state index in [4.69, 9.17) is 5.11 Å². The van der Waals surface area contributed by atoms with Gasteiger partial charge in [0.2, 0.25) is 0 Å². The van der Waals surface area contributed by atoms with Crippen LogP contribution in [0.25, 0.3) is 0 Å². The topological polar surface area (TPSA) is 55.1 Å². The first kappa shape index (κ1) is 9.12. The second kappa shape index (κ2) is 3.62. The van der Waals surface area contributed by atoms with Crippen molar-refractivity contribution in [2.75, 3.05) is 5.75 Å². The number of carboxylic acid groups (broad SMARTS) is 1. The molecule has 12 heavy (non-hydrogen) atoms. The summed E-state index contributed by atoms with van der Waals surface area (Å²) in [4.78, 5) is 14.5. The van der Waals surface area contributed by atoms with E-state index in [1.165, 1.54) is 18.0 Å². The van der Waals surface area contributed by atoms with Crippen molar-refractivity contribution in [3.63, 3.8) is 0 Å². The molecule has 0 saturated carbocycles. The number of hydrogen-bond donors (Lipinski definition) is 1. The normalized spacial score (nSPS) is 10.2. The van der Waals surface area contributed by atoms with Gasteiger partial charge in [0, 0.05) is 7.05 Å². The Kier molecular flexibility index (Phi) is 2.75. The minimum atomic E-state index is -0.937. The van der Waals surface area contributed by atoms with Gasteiger partial charge in [-0.25, -0.2) is 9.78 Å². The van der Waals surface area contributed by atoms with Gasteiger partial charge >= 0.3 is 5.97 Å². The molecule has 0 atom stereocenters. The van der Waals surface area contributed by atoms with E-state index in [1.54, 1.807) is 11.6 Å². The third-order valence-electron chi connectivity index (χ3n) is 1.44. The standard InChI is InChI=1S/C7H10N2O2S/c1-3-12-7-8-4-5(6(10)11)9(7)2/h4H,3H2,1-2H3,(H,10,11). The first-order valence-corrected chi connectivity index (χ1v) is 4.53. The molecule has 4 nitrogen and oxygen atoms in total. The molecule has 0 radical (unpaired) electrons. The van der Waals surface area contributed by atoms with Gasteiger partial charge in [-0.15, -0.1) is 0 Å². The number of carboxylic acids is 1. The Morgan fingerprint density at radius 1 is 1.83 bits per heavy atom. The lowest BCUT2D eigenvalue weighted by atomic mass is 10.5. The molecule has 0 spiro atoms. The molecule has 0 aliphatic rings. The van der Waals surface area contributed by atoms with Crippen molar-refractivity contribution < 1.29 is 9.90 Å². The fourth-order valence-electron chi connectivity index (χ4n) is 0.854. The first-order valence-electron chi connectivity index (χ1n) is 3.54. The summed E-state index contributed by atoms with van der Waals surface area (Å²) in [7, 11) is 1.70. The molecule has 66 valence electrons. The van der Waals surface area contributed by atoms with Crippen LogP contribution >= 0.6 is 11.8 Å². The molecular weight excluding hydrogens is 176 g/mol. The molecule has 0 aromatic carbocycles. The monoisotopic (exact) mass is 186 g/mol. The summed E-state index contributed by atoms with van der Waals surface area (Å²) >= 11 is 1.53. The number of nitrogens with zero attached hydrogens (tertiary/aromatic N) is 2. The summed E-state index contributed by atoms with van der Waals surface area (Å²) in [6, 6.07) is 0. The van der Waals surface area contributed by atoms with Crippen LogP contribution in [0.15, 0.2) is 11.4 Å². The second-order valence-corrected chi connectivity index (χ2v) is 3.45. The number of rotatable bonds is 3. The van der Waals surface area contributed by atoms with Gasteiger partial charge in [-0.2, -0.15) is 0 Å². The van der Waals surface area contributed by atoms with E-state index in [-0.39, 0.29) is 5.69 Å². The van der Waals surface area contributed by atoms with Gasteiger partial charge in [0.05, 0.1) is 6.20 Å². The Labute approximate surface area is 74.6 Å². The maximum absolute atomic E-state index is 10.6. The summed E-state index contributed by atoms with van der Waals surface area (Å²) in [6.07, 6.45) is 1.38. The number of aromatic nitrogens is 2. The molecule has 1 aromatic heterocycles. The van der Waals surface area contributed by atoms with Crippen LogP contribution in [0.5, 0.6) is 0 Å². The largest absolute Gasteiger partial charge is 0.477 e. The lowest BCUT2D eigenvalue weighted by molar-refractivity contribution is 0.0685. The molecular formula is C7H10N2O2S. The minimum Gasteiger partial charge on any atom is -0.477 e. The van der Waals surface area contributed by atoms with Crippen LogP contribution in [0, 0.1) is 0 Å². The lowest BCUT2D eigenvalue weighted by Gasteiger charge is -1.99. The average Bonchev–Trinajstić information content (AvgIpc) is 2.34. The van der Waals surface area contributed by atoms with Crippen LogP contribution in [-0.4, -0.2) is 26.4 Å². The van der Waals surface area contributed by atoms with Gasteiger partial charge in [0.1, 0.15) is 5.69 Å². The van der Waals surface area contributed by atoms with Gasteiger partial charge in [0.25, 0.3) is 0 Å². The molecule has 0 amide bonds. The molecule has 1 heterocycles. The Morgan fingerprint density at radius 2 is 2.50 bits per heavy atom. The first-order chi connectivity index (χ1) is 5.66. The summed E-state index contributed by atoms with van der Waals surface area (Å²) < 4.78 is 1.58. The van der Waals surface area contributed by atoms with E-state index in [9.17, 15) is 4.79 Å². The van der Waals surface area contributed by atoms with Crippen molar-refractivity contribution in [3.8, 4) is 0 Å². The Hall–Kier alpha value is -0.970. The molecule has 0 aliphatic carbocycles. The Bertz CT molecular complexity index is 296. The van der Waals surface area contributed by atoms with Crippen LogP contribution in [0.4, 0.5) is 0 Å². The number of hydrogen-bond acceptors (Lipinski definition) is 3. The zero-order valence-corrected chi connectivity index (χ0v) is 7.76. The Morgan fingerprint density at radius 3 is 2.92 bits per heavy atom.